The van der Waals surface area contributed by atoms with Crippen molar-refractivity contribution in [2.75, 3.05) is 0 Å². The van der Waals surface area contributed by atoms with Crippen LogP contribution in [0.5, 0.6) is 0 Å². The molecule has 0 saturated carbocycles. The van der Waals surface area contributed by atoms with Crippen LogP contribution in [-0.2, 0) is 6.54 Å². The van der Waals surface area contributed by atoms with Gasteiger partial charge in [-0.1, -0.05) is 13.0 Å². The lowest BCUT2D eigenvalue weighted by Crippen LogP contribution is -1.96. The highest BCUT2D eigenvalue weighted by Gasteiger charge is 1.91. The predicted octanol–water partition coefficient (Wildman–Crippen LogP) is 3.02. The van der Waals surface area contributed by atoms with Crippen molar-refractivity contribution in [1.82, 2.24) is 9.55 Å². The number of allylic oxidation sites excluding steroid dienone is 1. The lowest BCUT2D eigenvalue weighted by molar-refractivity contribution is 0.137. The smallest absolute Gasteiger partial charge is 0.450 e. The Morgan fingerprint density at radius 3 is 2.31 bits per heavy atom. The van der Waals surface area contributed by atoms with Crippen LogP contribution in [-0.4, -0.2) is 25.9 Å². The van der Waals surface area contributed by atoms with E-state index in [0.717, 1.165) is 12.4 Å². The summed E-state index contributed by atoms with van der Waals surface area (Å²) < 4.78 is 2.15. The minimum atomic E-state index is -1.83. The van der Waals surface area contributed by atoms with Crippen molar-refractivity contribution in [2.45, 2.75) is 33.7 Å². The number of nitrogens with zero attached hydrogens (tertiary/aromatic N) is 2. The topological polar surface area (TPSA) is 75.4 Å². The molecule has 0 aliphatic carbocycles. The summed E-state index contributed by atoms with van der Waals surface area (Å²) in [6.45, 7) is 10.5. The van der Waals surface area contributed by atoms with E-state index in [1.807, 2.05) is 26.2 Å². The van der Waals surface area contributed by atoms with Gasteiger partial charge < -0.3 is 14.8 Å². The zero-order chi connectivity index (χ0) is 13.0. The van der Waals surface area contributed by atoms with Gasteiger partial charge >= 0.3 is 6.16 Å². The first-order valence-corrected chi connectivity index (χ1v) is 4.96. The molecule has 1 aromatic rings. The summed E-state index contributed by atoms with van der Waals surface area (Å²) in [5.74, 6) is 1.11. The zero-order valence-electron chi connectivity index (χ0n) is 10.1. The van der Waals surface area contributed by atoms with Crippen LogP contribution in [0.2, 0.25) is 0 Å². The normalized spacial score (nSPS) is 7.94. The van der Waals surface area contributed by atoms with Gasteiger partial charge in [-0.3, -0.25) is 0 Å². The van der Waals surface area contributed by atoms with E-state index in [-0.39, 0.29) is 0 Å². The first-order valence-electron chi connectivity index (χ1n) is 4.96. The number of hydrogen-bond donors (Lipinski definition) is 2. The Morgan fingerprint density at radius 2 is 2.06 bits per heavy atom. The molecule has 0 amide bonds. The summed E-state index contributed by atoms with van der Waals surface area (Å²) in [4.78, 5) is 12.7. The van der Waals surface area contributed by atoms with Crippen LogP contribution in [0.25, 0.3) is 0 Å². The Bertz CT molecular complexity index is 291. The molecule has 0 radical (unpaired) electrons. The van der Waals surface area contributed by atoms with Crippen molar-refractivity contribution in [3.63, 3.8) is 0 Å². The number of rotatable bonds is 2. The van der Waals surface area contributed by atoms with Gasteiger partial charge in [0, 0.05) is 18.9 Å². The highest BCUT2D eigenvalue weighted by molar-refractivity contribution is 5.53. The first-order chi connectivity index (χ1) is 7.49. The molecule has 2 N–H and O–H groups in total. The van der Waals surface area contributed by atoms with E-state index in [1.165, 1.54) is 6.42 Å². The van der Waals surface area contributed by atoms with E-state index in [1.54, 1.807) is 6.08 Å². The van der Waals surface area contributed by atoms with E-state index >= 15 is 0 Å². The fraction of sp³-hybridized carbons (Fsp3) is 0.455. The Kier molecular flexibility index (Phi) is 11.7. The van der Waals surface area contributed by atoms with E-state index in [2.05, 4.69) is 23.1 Å². The van der Waals surface area contributed by atoms with Crippen molar-refractivity contribution < 1.29 is 15.0 Å². The molecular formula is C11H20N2O3. The lowest BCUT2D eigenvalue weighted by Gasteiger charge is -1.99. The van der Waals surface area contributed by atoms with Gasteiger partial charge in [-0.15, -0.1) is 6.58 Å². The average molecular weight is 228 g/mol. The Hall–Kier alpha value is -1.78. The minimum Gasteiger partial charge on any atom is -0.450 e. The Balaban J connectivity index is 0. The van der Waals surface area contributed by atoms with E-state index in [0.29, 0.717) is 0 Å². The van der Waals surface area contributed by atoms with Crippen molar-refractivity contribution >= 4 is 6.16 Å². The zero-order valence-corrected chi connectivity index (χ0v) is 10.1. The van der Waals surface area contributed by atoms with Crippen molar-refractivity contribution in [3.05, 3.63) is 30.9 Å². The molecule has 16 heavy (non-hydrogen) atoms. The van der Waals surface area contributed by atoms with E-state index < -0.39 is 6.16 Å². The molecule has 1 aromatic heterocycles. The number of aromatic nitrogens is 2. The molecule has 5 heteroatoms. The summed E-state index contributed by atoms with van der Waals surface area (Å²) >= 11 is 0. The van der Waals surface area contributed by atoms with Gasteiger partial charge in [0.2, 0.25) is 0 Å². The summed E-state index contributed by atoms with van der Waals surface area (Å²) in [7, 11) is 0. The molecule has 0 unspecified atom stereocenters. The predicted molar refractivity (Wildman–Crippen MR) is 63.8 cm³/mol. The van der Waals surface area contributed by atoms with Crippen LogP contribution in [0, 0.1) is 6.92 Å². The molecule has 1 heterocycles. The van der Waals surface area contributed by atoms with Crippen LogP contribution >= 0.6 is 0 Å². The summed E-state index contributed by atoms with van der Waals surface area (Å²) in [6, 6.07) is 0. The summed E-state index contributed by atoms with van der Waals surface area (Å²) in [5, 5.41) is 13.9. The molecular weight excluding hydrogens is 208 g/mol. The van der Waals surface area contributed by atoms with Gasteiger partial charge in [0.15, 0.2) is 0 Å². The highest BCUT2D eigenvalue weighted by atomic mass is 16.6. The molecule has 0 atom stereocenters. The average Bonchev–Trinajstić information content (AvgIpc) is 2.53. The van der Waals surface area contributed by atoms with Crippen molar-refractivity contribution in [1.29, 1.82) is 0 Å². The number of hydrogen-bond acceptors (Lipinski definition) is 2. The lowest BCUT2D eigenvalue weighted by atomic mass is 10.5. The second-order valence-corrected chi connectivity index (χ2v) is 2.86. The maximum atomic E-state index is 8.56. The fourth-order valence-electron chi connectivity index (χ4n) is 0.881. The van der Waals surface area contributed by atoms with Crippen LogP contribution in [0.1, 0.15) is 26.1 Å². The standard InChI is InChI=1S/C7H12N2.C3H6.CH2O3/c1-3-5-9-6-4-8-7(9)2;1-3-2;2-1(3)4/h4,6H,3,5H2,1-2H3;3H,1H2,2H3;(H2,2,3,4). The number of carbonyl (C=O) groups is 1. The third-order valence-corrected chi connectivity index (χ3v) is 1.39. The van der Waals surface area contributed by atoms with E-state index in [9.17, 15) is 0 Å². The number of carboxylic acid groups (broad SMARTS) is 2. The Morgan fingerprint density at radius 1 is 1.62 bits per heavy atom. The first kappa shape index (κ1) is 16.6. The molecule has 5 nitrogen and oxygen atoms in total. The van der Waals surface area contributed by atoms with Crippen molar-refractivity contribution in [3.8, 4) is 0 Å². The summed E-state index contributed by atoms with van der Waals surface area (Å²) in [5.41, 5.74) is 0. The molecule has 0 saturated heterocycles. The quantitative estimate of drug-likeness (QED) is 0.763. The molecule has 0 fully saturated rings. The third-order valence-electron chi connectivity index (χ3n) is 1.39. The highest BCUT2D eigenvalue weighted by Crippen LogP contribution is 1.95. The monoisotopic (exact) mass is 228 g/mol. The molecule has 92 valence electrons. The third kappa shape index (κ3) is 12.2. The molecule has 0 aliphatic heterocycles. The van der Waals surface area contributed by atoms with Crippen LogP contribution in [0.3, 0.4) is 0 Å². The van der Waals surface area contributed by atoms with Gasteiger partial charge in [-0.05, 0) is 20.3 Å². The van der Waals surface area contributed by atoms with Gasteiger partial charge in [-0.2, -0.15) is 0 Å². The molecule has 0 aliphatic rings. The van der Waals surface area contributed by atoms with Gasteiger partial charge in [0.1, 0.15) is 5.82 Å². The number of imidazole rings is 1. The molecule has 1 rings (SSSR count). The summed E-state index contributed by atoms with van der Waals surface area (Å²) in [6.07, 6.45) is 4.95. The maximum Gasteiger partial charge on any atom is 0.503 e. The minimum absolute atomic E-state index is 1.09. The van der Waals surface area contributed by atoms with Crippen LogP contribution in [0.15, 0.2) is 25.0 Å². The number of aryl methyl sites for hydroxylation is 2. The maximum absolute atomic E-state index is 8.56. The second kappa shape index (κ2) is 11.3. The second-order valence-electron chi connectivity index (χ2n) is 2.86. The Labute approximate surface area is 96.1 Å². The molecule has 0 bridgehead atoms. The van der Waals surface area contributed by atoms with Gasteiger partial charge in [0.25, 0.3) is 0 Å². The fourth-order valence-corrected chi connectivity index (χ4v) is 0.881. The van der Waals surface area contributed by atoms with Crippen molar-refractivity contribution in [2.24, 2.45) is 0 Å². The van der Waals surface area contributed by atoms with Gasteiger partial charge in [0.05, 0.1) is 0 Å². The molecule has 0 spiro atoms. The molecule has 0 aromatic carbocycles. The van der Waals surface area contributed by atoms with Crippen LogP contribution in [0.4, 0.5) is 4.79 Å². The van der Waals surface area contributed by atoms with E-state index in [4.69, 9.17) is 15.0 Å². The van der Waals surface area contributed by atoms with Gasteiger partial charge in [-0.25, -0.2) is 9.78 Å². The largest absolute Gasteiger partial charge is 0.503 e. The SMILES string of the molecule is C=CC.CCCn1ccnc1C.O=C(O)O. The van der Waals surface area contributed by atoms with Crippen LogP contribution < -0.4 is 0 Å².